The molecule has 2 aromatic carbocycles. The van der Waals surface area contributed by atoms with Crippen LogP contribution in [0.4, 0.5) is 14.5 Å². The fraction of sp³-hybridized carbons (Fsp3) is 0.125. The summed E-state index contributed by atoms with van der Waals surface area (Å²) in [4.78, 5) is 12.1. The maximum absolute atomic E-state index is 12.1. The van der Waals surface area contributed by atoms with E-state index < -0.39 is 6.61 Å². The molecule has 1 aromatic heterocycles. The number of tetrazole rings is 1. The van der Waals surface area contributed by atoms with Crippen LogP contribution in [-0.2, 0) is 4.79 Å². The van der Waals surface area contributed by atoms with Crippen LogP contribution >= 0.6 is 23.4 Å². The fourth-order valence-electron chi connectivity index (χ4n) is 2.09. The normalized spacial score (nSPS) is 10.8. The van der Waals surface area contributed by atoms with Gasteiger partial charge in [-0.05, 0) is 52.9 Å². The number of alkyl halides is 2. The molecule has 1 heterocycles. The molecular formula is C16H12ClF2N5O2S. The first-order valence-corrected chi connectivity index (χ1v) is 8.89. The molecule has 0 spiro atoms. The van der Waals surface area contributed by atoms with Gasteiger partial charge in [0.05, 0.1) is 11.4 Å². The number of carbonyl (C=O) groups excluding carboxylic acids is 1. The van der Waals surface area contributed by atoms with E-state index in [1.54, 1.807) is 24.3 Å². The number of carbonyl (C=O) groups is 1. The Labute approximate surface area is 161 Å². The van der Waals surface area contributed by atoms with E-state index in [1.165, 1.54) is 28.9 Å². The van der Waals surface area contributed by atoms with Gasteiger partial charge in [-0.25, -0.2) is 0 Å². The minimum Gasteiger partial charge on any atom is -0.435 e. The Bertz CT molecular complexity index is 923. The molecule has 0 fully saturated rings. The molecule has 0 radical (unpaired) electrons. The molecule has 0 saturated heterocycles. The number of nitrogens with zero attached hydrogens (tertiary/aromatic N) is 4. The summed E-state index contributed by atoms with van der Waals surface area (Å²) in [6.07, 6.45) is 0. The Morgan fingerprint density at radius 2 is 2.04 bits per heavy atom. The summed E-state index contributed by atoms with van der Waals surface area (Å²) in [5.74, 6) is -0.239. The molecular weight excluding hydrogens is 400 g/mol. The molecule has 0 aliphatic carbocycles. The van der Waals surface area contributed by atoms with Crippen molar-refractivity contribution in [1.29, 1.82) is 0 Å². The Kier molecular flexibility index (Phi) is 6.20. The topological polar surface area (TPSA) is 81.9 Å². The zero-order valence-corrected chi connectivity index (χ0v) is 15.1. The SMILES string of the molecule is O=C(CSc1nnnn1-c1cccc(Cl)c1)Nc1ccc(OC(F)F)cc1. The van der Waals surface area contributed by atoms with E-state index >= 15 is 0 Å². The molecule has 3 rings (SSSR count). The largest absolute Gasteiger partial charge is 0.435 e. The number of halogens is 3. The molecule has 0 aliphatic heterocycles. The predicted octanol–water partition coefficient (Wildman–Crippen LogP) is 3.65. The van der Waals surface area contributed by atoms with Crippen LogP contribution in [0.3, 0.4) is 0 Å². The van der Waals surface area contributed by atoms with Crippen LogP contribution in [0.15, 0.2) is 53.7 Å². The molecule has 140 valence electrons. The van der Waals surface area contributed by atoms with Crippen LogP contribution in [0.2, 0.25) is 5.02 Å². The van der Waals surface area contributed by atoms with E-state index in [1.807, 2.05) is 0 Å². The summed E-state index contributed by atoms with van der Waals surface area (Å²) in [6, 6.07) is 12.6. The molecule has 7 nitrogen and oxygen atoms in total. The molecule has 27 heavy (non-hydrogen) atoms. The Morgan fingerprint density at radius 1 is 1.26 bits per heavy atom. The molecule has 1 amide bonds. The third kappa shape index (κ3) is 5.38. The number of ether oxygens (including phenoxy) is 1. The Hall–Kier alpha value is -2.72. The van der Waals surface area contributed by atoms with Gasteiger partial charge in [-0.3, -0.25) is 4.79 Å². The number of anilines is 1. The highest BCUT2D eigenvalue weighted by Gasteiger charge is 2.12. The highest BCUT2D eigenvalue weighted by molar-refractivity contribution is 7.99. The van der Waals surface area contributed by atoms with Gasteiger partial charge < -0.3 is 10.1 Å². The van der Waals surface area contributed by atoms with E-state index in [4.69, 9.17) is 11.6 Å². The lowest BCUT2D eigenvalue weighted by atomic mass is 10.3. The third-order valence-corrected chi connectivity index (χ3v) is 4.34. The van der Waals surface area contributed by atoms with Gasteiger partial charge >= 0.3 is 6.61 Å². The Balaban J connectivity index is 1.58. The van der Waals surface area contributed by atoms with E-state index in [-0.39, 0.29) is 17.4 Å². The first-order valence-electron chi connectivity index (χ1n) is 7.53. The van der Waals surface area contributed by atoms with Crippen LogP contribution in [0.25, 0.3) is 5.69 Å². The standard InChI is InChI=1S/C16H12ClF2N5O2S/c17-10-2-1-3-12(8-10)24-16(21-22-23-24)27-9-14(25)20-11-4-6-13(7-5-11)26-15(18)19/h1-8,15H,9H2,(H,20,25). The van der Waals surface area contributed by atoms with Crippen LogP contribution in [-0.4, -0.2) is 38.5 Å². The summed E-state index contributed by atoms with van der Waals surface area (Å²) in [5.41, 5.74) is 1.13. The highest BCUT2D eigenvalue weighted by atomic mass is 35.5. The third-order valence-electron chi connectivity index (χ3n) is 3.19. The molecule has 11 heteroatoms. The van der Waals surface area contributed by atoms with E-state index in [9.17, 15) is 13.6 Å². The maximum Gasteiger partial charge on any atom is 0.387 e. The van der Waals surface area contributed by atoms with Crippen molar-refractivity contribution in [3.05, 3.63) is 53.6 Å². The number of thioether (sulfide) groups is 1. The zero-order valence-electron chi connectivity index (χ0n) is 13.6. The van der Waals surface area contributed by atoms with Crippen molar-refractivity contribution < 1.29 is 18.3 Å². The van der Waals surface area contributed by atoms with Crippen LogP contribution in [0, 0.1) is 0 Å². The first kappa shape index (κ1) is 19.1. The zero-order chi connectivity index (χ0) is 19.2. The number of nitrogens with one attached hydrogen (secondary N) is 1. The number of rotatable bonds is 7. The van der Waals surface area contributed by atoms with Gasteiger partial charge in [-0.15, -0.1) is 5.10 Å². The van der Waals surface area contributed by atoms with Crippen molar-refractivity contribution in [2.75, 3.05) is 11.1 Å². The molecule has 0 saturated carbocycles. The first-order chi connectivity index (χ1) is 13.0. The van der Waals surface area contributed by atoms with Gasteiger partial charge in [0.15, 0.2) is 0 Å². The quantitative estimate of drug-likeness (QED) is 0.598. The summed E-state index contributed by atoms with van der Waals surface area (Å²) >= 11 is 7.11. The van der Waals surface area contributed by atoms with E-state index in [0.29, 0.717) is 21.6 Å². The molecule has 1 N–H and O–H groups in total. The van der Waals surface area contributed by atoms with Crippen molar-refractivity contribution in [2.24, 2.45) is 0 Å². The van der Waals surface area contributed by atoms with Gasteiger partial charge in [-0.2, -0.15) is 13.5 Å². The van der Waals surface area contributed by atoms with Gasteiger partial charge in [0.25, 0.3) is 0 Å². The lowest BCUT2D eigenvalue weighted by Crippen LogP contribution is -2.14. The second-order valence-electron chi connectivity index (χ2n) is 5.09. The van der Waals surface area contributed by atoms with Gasteiger partial charge in [0.1, 0.15) is 5.75 Å². The Morgan fingerprint density at radius 3 is 2.74 bits per heavy atom. The van der Waals surface area contributed by atoms with Gasteiger partial charge in [0.2, 0.25) is 11.1 Å². The van der Waals surface area contributed by atoms with Crippen molar-refractivity contribution >= 4 is 35.0 Å². The van der Waals surface area contributed by atoms with Crippen molar-refractivity contribution in [1.82, 2.24) is 20.2 Å². The second-order valence-corrected chi connectivity index (χ2v) is 6.47. The molecule has 0 aliphatic rings. The smallest absolute Gasteiger partial charge is 0.387 e. The number of aromatic nitrogens is 4. The summed E-state index contributed by atoms with van der Waals surface area (Å²) in [5, 5.41) is 15.0. The number of benzene rings is 2. The summed E-state index contributed by atoms with van der Waals surface area (Å²) < 4.78 is 30.0. The molecule has 3 aromatic rings. The average molecular weight is 412 g/mol. The lowest BCUT2D eigenvalue weighted by molar-refractivity contribution is -0.113. The van der Waals surface area contributed by atoms with Crippen molar-refractivity contribution in [3.63, 3.8) is 0 Å². The van der Waals surface area contributed by atoms with Gasteiger partial charge in [-0.1, -0.05) is 29.4 Å². The van der Waals surface area contributed by atoms with Crippen molar-refractivity contribution in [2.45, 2.75) is 11.8 Å². The lowest BCUT2D eigenvalue weighted by Gasteiger charge is -2.08. The molecule has 0 bridgehead atoms. The number of hydrogen-bond acceptors (Lipinski definition) is 6. The monoisotopic (exact) mass is 411 g/mol. The highest BCUT2D eigenvalue weighted by Crippen LogP contribution is 2.21. The predicted molar refractivity (Wildman–Crippen MR) is 96.6 cm³/mol. The van der Waals surface area contributed by atoms with Crippen LogP contribution < -0.4 is 10.1 Å². The van der Waals surface area contributed by atoms with Crippen molar-refractivity contribution in [3.8, 4) is 11.4 Å². The molecule has 0 unspecified atom stereocenters. The van der Waals surface area contributed by atoms with E-state index in [0.717, 1.165) is 11.8 Å². The van der Waals surface area contributed by atoms with Crippen LogP contribution in [0.5, 0.6) is 5.75 Å². The molecule has 0 atom stereocenters. The fourth-order valence-corrected chi connectivity index (χ4v) is 2.96. The second kappa shape index (κ2) is 8.78. The van der Waals surface area contributed by atoms with Gasteiger partial charge in [0, 0.05) is 10.7 Å². The summed E-state index contributed by atoms with van der Waals surface area (Å²) in [6.45, 7) is -2.90. The maximum atomic E-state index is 12.1. The average Bonchev–Trinajstić information content (AvgIpc) is 3.10. The minimum atomic E-state index is -2.90. The number of amides is 1. The number of hydrogen-bond donors (Lipinski definition) is 1. The minimum absolute atomic E-state index is 0.0121. The summed E-state index contributed by atoms with van der Waals surface area (Å²) in [7, 11) is 0. The van der Waals surface area contributed by atoms with Crippen LogP contribution in [0.1, 0.15) is 0 Å². The van der Waals surface area contributed by atoms with E-state index in [2.05, 4.69) is 25.6 Å².